The third-order valence-electron chi connectivity index (χ3n) is 3.54. The molecule has 2 N–H and O–H groups in total. The van der Waals surface area contributed by atoms with Crippen LogP contribution in [0.1, 0.15) is 51.3 Å². The molecule has 0 saturated heterocycles. The minimum atomic E-state index is -0.601. The predicted octanol–water partition coefficient (Wildman–Crippen LogP) is 3.10. The molecular weight excluding hydrogens is 301 g/mol. The lowest BCUT2D eigenvalue weighted by atomic mass is 10.0. The smallest absolute Gasteiger partial charge is 0.408 e. The van der Waals surface area contributed by atoms with Crippen molar-refractivity contribution < 1.29 is 23.8 Å². The number of halogens is 1. The molecule has 0 spiro atoms. The van der Waals surface area contributed by atoms with E-state index in [-0.39, 0.29) is 18.5 Å². The summed E-state index contributed by atoms with van der Waals surface area (Å²) in [7, 11) is 0. The van der Waals surface area contributed by atoms with Gasteiger partial charge >= 0.3 is 6.09 Å². The van der Waals surface area contributed by atoms with E-state index in [1.165, 1.54) is 12.1 Å². The van der Waals surface area contributed by atoms with Crippen LogP contribution in [0.15, 0.2) is 12.1 Å². The van der Waals surface area contributed by atoms with Gasteiger partial charge < -0.3 is 19.9 Å². The maximum Gasteiger partial charge on any atom is 0.408 e. The van der Waals surface area contributed by atoms with Gasteiger partial charge in [-0.15, -0.1) is 0 Å². The minimum absolute atomic E-state index is 0.0161. The molecule has 1 heterocycles. The van der Waals surface area contributed by atoms with Gasteiger partial charge in [0.1, 0.15) is 23.3 Å². The van der Waals surface area contributed by atoms with E-state index in [2.05, 4.69) is 5.32 Å². The van der Waals surface area contributed by atoms with Gasteiger partial charge in [-0.1, -0.05) is 0 Å². The first kappa shape index (κ1) is 17.5. The lowest BCUT2D eigenvalue weighted by molar-refractivity contribution is 0.0507. The Morgan fingerprint density at radius 1 is 1.52 bits per heavy atom. The molecule has 2 rings (SSSR count). The zero-order valence-electron chi connectivity index (χ0n) is 14.0. The molecule has 1 aromatic carbocycles. The van der Waals surface area contributed by atoms with Gasteiger partial charge in [-0.3, -0.25) is 0 Å². The van der Waals surface area contributed by atoms with Crippen molar-refractivity contribution in [2.24, 2.45) is 0 Å². The summed E-state index contributed by atoms with van der Waals surface area (Å²) >= 11 is 0. The Bertz CT molecular complexity index is 583. The van der Waals surface area contributed by atoms with Gasteiger partial charge in [0.05, 0.1) is 6.04 Å². The van der Waals surface area contributed by atoms with Gasteiger partial charge in [-0.05, 0) is 39.8 Å². The van der Waals surface area contributed by atoms with Crippen LogP contribution >= 0.6 is 0 Å². The number of ether oxygens (including phenoxy) is 2. The van der Waals surface area contributed by atoms with Crippen molar-refractivity contribution in [1.82, 2.24) is 5.32 Å². The molecule has 0 aliphatic carbocycles. The molecule has 1 aliphatic rings. The Balaban J connectivity index is 2.16. The number of fused-ring (bicyclic) bond motifs is 1. The molecule has 0 radical (unpaired) electrons. The maximum absolute atomic E-state index is 13.9. The second-order valence-corrected chi connectivity index (χ2v) is 6.81. The average molecular weight is 325 g/mol. The first-order valence-corrected chi connectivity index (χ1v) is 7.79. The van der Waals surface area contributed by atoms with Crippen LogP contribution in [0.4, 0.5) is 9.18 Å². The van der Waals surface area contributed by atoms with Crippen molar-refractivity contribution in [3.63, 3.8) is 0 Å². The van der Waals surface area contributed by atoms with Crippen LogP contribution in [0, 0.1) is 5.82 Å². The van der Waals surface area contributed by atoms with Gasteiger partial charge in [-0.25, -0.2) is 9.18 Å². The molecule has 2 atom stereocenters. The molecule has 128 valence electrons. The van der Waals surface area contributed by atoms with Crippen LogP contribution in [-0.4, -0.2) is 29.5 Å². The van der Waals surface area contributed by atoms with Crippen LogP contribution in [0.5, 0.6) is 5.75 Å². The van der Waals surface area contributed by atoms with Crippen molar-refractivity contribution in [3.05, 3.63) is 29.1 Å². The number of aliphatic hydroxyl groups is 1. The highest BCUT2D eigenvalue weighted by molar-refractivity contribution is 5.68. The number of hydrogen-bond donors (Lipinski definition) is 2. The molecule has 5 nitrogen and oxygen atoms in total. The number of alkyl carbamates (subject to hydrolysis) is 1. The molecule has 6 heteroatoms. The molecule has 0 fully saturated rings. The van der Waals surface area contributed by atoms with Gasteiger partial charge in [-0.2, -0.15) is 0 Å². The van der Waals surface area contributed by atoms with E-state index in [0.29, 0.717) is 24.2 Å². The largest absolute Gasteiger partial charge is 0.489 e. The fourth-order valence-electron chi connectivity index (χ4n) is 2.61. The molecule has 1 amide bonds. The summed E-state index contributed by atoms with van der Waals surface area (Å²) in [6.07, 6.45) is 0.320. The first-order chi connectivity index (χ1) is 10.7. The zero-order chi connectivity index (χ0) is 17.2. The summed E-state index contributed by atoms with van der Waals surface area (Å²) in [4.78, 5) is 11.9. The van der Waals surface area contributed by atoms with Crippen molar-refractivity contribution in [1.29, 1.82) is 0 Å². The Kier molecular flexibility index (Phi) is 5.14. The van der Waals surface area contributed by atoms with E-state index in [9.17, 15) is 9.18 Å². The molecule has 0 bridgehead atoms. The van der Waals surface area contributed by atoms with E-state index < -0.39 is 17.7 Å². The van der Waals surface area contributed by atoms with E-state index in [4.69, 9.17) is 14.6 Å². The number of nitrogens with one attached hydrogen (secondary N) is 1. The maximum atomic E-state index is 13.9. The Labute approximate surface area is 135 Å². The number of benzene rings is 1. The average Bonchev–Trinajstić information content (AvgIpc) is 2.77. The highest BCUT2D eigenvalue weighted by Crippen LogP contribution is 2.37. The van der Waals surface area contributed by atoms with Crippen molar-refractivity contribution >= 4 is 6.09 Å². The SMILES string of the molecule is CC(NC(=O)OC(C)(C)C)c1cc(F)cc2c1OC(CCO)C2. The fraction of sp³-hybridized carbons (Fsp3) is 0.588. The third-order valence-corrected chi connectivity index (χ3v) is 3.54. The van der Waals surface area contributed by atoms with Gasteiger partial charge in [0.2, 0.25) is 0 Å². The zero-order valence-corrected chi connectivity index (χ0v) is 14.0. The Morgan fingerprint density at radius 2 is 2.22 bits per heavy atom. The van der Waals surface area contributed by atoms with Gasteiger partial charge in [0, 0.05) is 30.6 Å². The standard InChI is InChI=1S/C17H24FNO4/c1-10(19-16(21)23-17(2,3)4)14-9-12(18)7-11-8-13(5-6-20)22-15(11)14/h7,9-10,13,20H,5-6,8H2,1-4H3,(H,19,21). The number of rotatable bonds is 4. The summed E-state index contributed by atoms with van der Waals surface area (Å²) in [5, 5.41) is 11.7. The lowest BCUT2D eigenvalue weighted by Gasteiger charge is -2.23. The van der Waals surface area contributed by atoms with E-state index in [0.717, 1.165) is 5.56 Å². The highest BCUT2D eigenvalue weighted by Gasteiger charge is 2.29. The predicted molar refractivity (Wildman–Crippen MR) is 84.0 cm³/mol. The highest BCUT2D eigenvalue weighted by atomic mass is 19.1. The van der Waals surface area contributed by atoms with Crippen molar-refractivity contribution in [2.45, 2.75) is 58.3 Å². The second-order valence-electron chi connectivity index (χ2n) is 6.81. The van der Waals surface area contributed by atoms with Gasteiger partial charge in [0.25, 0.3) is 0 Å². The second kappa shape index (κ2) is 6.74. The van der Waals surface area contributed by atoms with Crippen LogP contribution in [0.3, 0.4) is 0 Å². The summed E-state index contributed by atoms with van der Waals surface area (Å²) < 4.78 is 24.9. The molecule has 0 aromatic heterocycles. The van der Waals surface area contributed by atoms with Gasteiger partial charge in [0.15, 0.2) is 0 Å². The first-order valence-electron chi connectivity index (χ1n) is 7.79. The molecule has 23 heavy (non-hydrogen) atoms. The summed E-state index contributed by atoms with van der Waals surface area (Å²) in [5.41, 5.74) is 0.735. The number of aliphatic hydroxyl groups excluding tert-OH is 1. The van der Waals surface area contributed by atoms with Crippen LogP contribution in [0.25, 0.3) is 0 Å². The quantitative estimate of drug-likeness (QED) is 0.892. The normalized spacial score (nSPS) is 18.1. The number of hydrogen-bond acceptors (Lipinski definition) is 4. The Morgan fingerprint density at radius 3 is 2.83 bits per heavy atom. The van der Waals surface area contributed by atoms with Crippen molar-refractivity contribution in [2.75, 3.05) is 6.61 Å². The van der Waals surface area contributed by atoms with E-state index in [1.807, 2.05) is 0 Å². The summed E-state index contributed by atoms with van der Waals surface area (Å²) in [6.45, 7) is 7.10. The third kappa shape index (κ3) is 4.58. The lowest BCUT2D eigenvalue weighted by Crippen LogP contribution is -2.34. The van der Waals surface area contributed by atoms with E-state index in [1.54, 1.807) is 27.7 Å². The molecule has 2 unspecified atom stereocenters. The topological polar surface area (TPSA) is 67.8 Å². The summed E-state index contributed by atoms with van der Waals surface area (Å²) in [6, 6.07) is 2.35. The molecular formula is C17H24FNO4. The van der Waals surface area contributed by atoms with E-state index >= 15 is 0 Å². The molecule has 0 saturated carbocycles. The summed E-state index contributed by atoms with van der Waals surface area (Å²) in [5.74, 6) is 0.221. The number of carbonyl (C=O) groups excluding carboxylic acids is 1. The van der Waals surface area contributed by atoms with Crippen molar-refractivity contribution in [3.8, 4) is 5.75 Å². The monoisotopic (exact) mass is 325 g/mol. The molecule has 1 aliphatic heterocycles. The van der Waals surface area contributed by atoms with Crippen LogP contribution < -0.4 is 10.1 Å². The molecule has 1 aromatic rings. The number of carbonyl (C=O) groups is 1. The number of amides is 1. The minimum Gasteiger partial charge on any atom is -0.489 e. The van der Waals surface area contributed by atoms with Crippen LogP contribution in [0.2, 0.25) is 0 Å². The fourth-order valence-corrected chi connectivity index (χ4v) is 2.61. The Hall–Kier alpha value is -1.82. The van der Waals surface area contributed by atoms with Crippen LogP contribution in [-0.2, 0) is 11.2 Å².